The van der Waals surface area contributed by atoms with Crippen molar-refractivity contribution < 1.29 is 17.9 Å². The molecular formula is C12H25NO4S2. The van der Waals surface area contributed by atoms with Crippen molar-refractivity contribution in [3.8, 4) is 0 Å². The Balaban J connectivity index is 4.40. The van der Waals surface area contributed by atoms with Gasteiger partial charge in [-0.1, -0.05) is 13.8 Å². The van der Waals surface area contributed by atoms with E-state index in [0.717, 1.165) is 0 Å². The summed E-state index contributed by atoms with van der Waals surface area (Å²) in [4.78, 5) is 11.8. The van der Waals surface area contributed by atoms with Crippen LogP contribution in [0.1, 0.15) is 27.2 Å². The molecular weight excluding hydrogens is 286 g/mol. The Bertz CT molecular complexity index is 383. The van der Waals surface area contributed by atoms with Gasteiger partial charge in [0.25, 0.3) is 0 Å². The minimum absolute atomic E-state index is 0.165. The van der Waals surface area contributed by atoms with Gasteiger partial charge in [-0.2, -0.15) is 11.8 Å². The zero-order valence-electron chi connectivity index (χ0n) is 12.4. The predicted octanol–water partition coefficient (Wildman–Crippen LogP) is 1.08. The Kier molecular flexibility index (Phi) is 8.00. The maximum Gasteiger partial charge on any atom is 0.325 e. The standard InChI is InChI=1S/C12H25NO4S2/c1-6-13-12(3,11(14)17-4)9-10(2)18-7-8-19(5,15)16/h10,13H,6-9H2,1-5H3. The zero-order valence-corrected chi connectivity index (χ0v) is 14.0. The number of likely N-dealkylation sites (N-methyl/N-ethyl adjacent to an activating group) is 1. The predicted molar refractivity (Wildman–Crippen MR) is 80.3 cm³/mol. The van der Waals surface area contributed by atoms with Gasteiger partial charge in [-0.05, 0) is 19.9 Å². The van der Waals surface area contributed by atoms with Gasteiger partial charge in [0.2, 0.25) is 0 Å². The van der Waals surface area contributed by atoms with Gasteiger partial charge in [-0.15, -0.1) is 0 Å². The van der Waals surface area contributed by atoms with E-state index >= 15 is 0 Å². The van der Waals surface area contributed by atoms with E-state index in [1.54, 1.807) is 11.8 Å². The molecule has 0 amide bonds. The summed E-state index contributed by atoms with van der Waals surface area (Å²) in [5, 5.41) is 3.31. The fourth-order valence-corrected chi connectivity index (χ4v) is 4.33. The van der Waals surface area contributed by atoms with E-state index in [1.165, 1.54) is 13.4 Å². The number of rotatable bonds is 9. The highest BCUT2D eigenvalue weighted by Crippen LogP contribution is 2.23. The third-order valence-corrected chi connectivity index (χ3v) is 5.13. The summed E-state index contributed by atoms with van der Waals surface area (Å²) in [6, 6.07) is 0. The van der Waals surface area contributed by atoms with Crippen LogP contribution in [0.3, 0.4) is 0 Å². The molecule has 0 radical (unpaired) electrons. The van der Waals surface area contributed by atoms with Crippen LogP contribution in [0.25, 0.3) is 0 Å². The van der Waals surface area contributed by atoms with Crippen LogP contribution in [-0.2, 0) is 19.4 Å². The van der Waals surface area contributed by atoms with E-state index < -0.39 is 15.4 Å². The maximum atomic E-state index is 11.8. The summed E-state index contributed by atoms with van der Waals surface area (Å²) >= 11 is 1.56. The van der Waals surface area contributed by atoms with Crippen LogP contribution >= 0.6 is 11.8 Å². The molecule has 0 aromatic heterocycles. The van der Waals surface area contributed by atoms with Crippen LogP contribution in [0.5, 0.6) is 0 Å². The van der Waals surface area contributed by atoms with Crippen molar-refractivity contribution in [1.29, 1.82) is 0 Å². The van der Waals surface area contributed by atoms with Crippen molar-refractivity contribution >= 4 is 27.6 Å². The van der Waals surface area contributed by atoms with E-state index in [0.29, 0.717) is 18.7 Å². The second-order valence-electron chi connectivity index (χ2n) is 4.87. The molecule has 114 valence electrons. The lowest BCUT2D eigenvalue weighted by Crippen LogP contribution is -2.51. The molecule has 0 aromatic carbocycles. The van der Waals surface area contributed by atoms with Gasteiger partial charge in [-0.3, -0.25) is 4.79 Å². The van der Waals surface area contributed by atoms with E-state index in [1.807, 2.05) is 20.8 Å². The van der Waals surface area contributed by atoms with Crippen LogP contribution < -0.4 is 5.32 Å². The normalized spacial score (nSPS) is 16.7. The summed E-state index contributed by atoms with van der Waals surface area (Å²) in [7, 11) is -1.55. The molecule has 2 atom stereocenters. The minimum Gasteiger partial charge on any atom is -0.468 e. The minimum atomic E-state index is -2.92. The zero-order chi connectivity index (χ0) is 15.1. The third-order valence-electron chi connectivity index (χ3n) is 2.76. The fourth-order valence-electron chi connectivity index (χ4n) is 1.88. The molecule has 0 bridgehead atoms. The molecule has 0 aliphatic heterocycles. The van der Waals surface area contributed by atoms with Crippen LogP contribution in [0.4, 0.5) is 0 Å². The summed E-state index contributed by atoms with van der Waals surface area (Å²) in [5.41, 5.74) is -0.721. The first-order valence-electron chi connectivity index (χ1n) is 6.27. The molecule has 2 unspecified atom stereocenters. The molecule has 5 nitrogen and oxygen atoms in total. The Morgan fingerprint density at radius 1 is 1.47 bits per heavy atom. The van der Waals surface area contributed by atoms with Gasteiger partial charge >= 0.3 is 5.97 Å². The van der Waals surface area contributed by atoms with Gasteiger partial charge in [0, 0.05) is 17.3 Å². The summed E-state index contributed by atoms with van der Waals surface area (Å²) < 4.78 is 26.9. The number of hydrogen-bond donors (Lipinski definition) is 1. The Morgan fingerprint density at radius 3 is 2.47 bits per heavy atom. The van der Waals surface area contributed by atoms with Crippen LogP contribution in [0.2, 0.25) is 0 Å². The topological polar surface area (TPSA) is 72.5 Å². The number of sulfone groups is 1. The Labute approximate surface area is 120 Å². The quantitative estimate of drug-likeness (QED) is 0.643. The first kappa shape index (κ1) is 18.7. The van der Waals surface area contributed by atoms with Crippen LogP contribution in [-0.4, -0.2) is 56.6 Å². The number of thioether (sulfide) groups is 1. The van der Waals surface area contributed by atoms with Crippen molar-refractivity contribution in [3.63, 3.8) is 0 Å². The number of esters is 1. The monoisotopic (exact) mass is 311 g/mol. The average Bonchev–Trinajstić information content (AvgIpc) is 2.26. The molecule has 0 aliphatic rings. The first-order chi connectivity index (χ1) is 8.64. The number of hydrogen-bond acceptors (Lipinski definition) is 6. The number of carbonyl (C=O) groups is 1. The third kappa shape index (κ3) is 7.79. The number of carbonyl (C=O) groups excluding carboxylic acids is 1. The molecule has 0 aromatic rings. The number of methoxy groups -OCH3 is 1. The molecule has 0 saturated carbocycles. The Morgan fingerprint density at radius 2 is 2.05 bits per heavy atom. The molecule has 0 rings (SSSR count). The molecule has 1 N–H and O–H groups in total. The second kappa shape index (κ2) is 8.11. The van der Waals surface area contributed by atoms with Crippen LogP contribution in [0.15, 0.2) is 0 Å². The fraction of sp³-hybridized carbons (Fsp3) is 0.917. The van der Waals surface area contributed by atoms with Crippen LogP contribution in [0, 0.1) is 0 Å². The van der Waals surface area contributed by atoms with Crippen molar-refractivity contribution in [2.45, 2.75) is 38.0 Å². The number of ether oxygens (including phenoxy) is 1. The largest absolute Gasteiger partial charge is 0.468 e. The maximum absolute atomic E-state index is 11.8. The van der Waals surface area contributed by atoms with Crippen molar-refractivity contribution in [2.24, 2.45) is 0 Å². The van der Waals surface area contributed by atoms with E-state index in [9.17, 15) is 13.2 Å². The lowest BCUT2D eigenvalue weighted by atomic mass is 9.96. The molecule has 7 heteroatoms. The van der Waals surface area contributed by atoms with Gasteiger partial charge in [0.1, 0.15) is 15.4 Å². The lowest BCUT2D eigenvalue weighted by Gasteiger charge is -2.30. The first-order valence-corrected chi connectivity index (χ1v) is 9.38. The highest BCUT2D eigenvalue weighted by atomic mass is 32.2. The van der Waals surface area contributed by atoms with Gasteiger partial charge in [-0.25, -0.2) is 8.42 Å². The van der Waals surface area contributed by atoms with Crippen molar-refractivity contribution in [1.82, 2.24) is 5.32 Å². The molecule has 0 fully saturated rings. The summed E-state index contributed by atoms with van der Waals surface area (Å²) in [6.07, 6.45) is 1.83. The molecule has 0 spiro atoms. The summed E-state index contributed by atoms with van der Waals surface area (Å²) in [6.45, 7) is 6.41. The van der Waals surface area contributed by atoms with E-state index in [-0.39, 0.29) is 17.0 Å². The SMILES string of the molecule is CCNC(C)(CC(C)SCCS(C)(=O)=O)C(=O)OC. The van der Waals surface area contributed by atoms with E-state index in [2.05, 4.69) is 5.32 Å². The summed E-state index contributed by atoms with van der Waals surface area (Å²) in [5.74, 6) is 0.423. The Hall–Kier alpha value is -0.270. The highest BCUT2D eigenvalue weighted by Gasteiger charge is 2.34. The molecule has 0 heterocycles. The average molecular weight is 311 g/mol. The molecule has 0 aliphatic carbocycles. The number of nitrogens with one attached hydrogen (secondary N) is 1. The highest BCUT2D eigenvalue weighted by molar-refractivity contribution is 8.01. The molecule has 0 saturated heterocycles. The van der Waals surface area contributed by atoms with Crippen molar-refractivity contribution in [3.05, 3.63) is 0 Å². The lowest BCUT2D eigenvalue weighted by molar-refractivity contribution is -0.148. The van der Waals surface area contributed by atoms with E-state index in [4.69, 9.17) is 4.74 Å². The second-order valence-corrected chi connectivity index (χ2v) is 8.68. The van der Waals surface area contributed by atoms with Crippen molar-refractivity contribution in [2.75, 3.05) is 31.4 Å². The van der Waals surface area contributed by atoms with Gasteiger partial charge < -0.3 is 10.1 Å². The molecule has 19 heavy (non-hydrogen) atoms. The van der Waals surface area contributed by atoms with Gasteiger partial charge in [0.15, 0.2) is 0 Å². The smallest absolute Gasteiger partial charge is 0.325 e. The van der Waals surface area contributed by atoms with Gasteiger partial charge in [0.05, 0.1) is 12.9 Å².